The van der Waals surface area contributed by atoms with Crippen molar-refractivity contribution in [2.24, 2.45) is 0 Å². The van der Waals surface area contributed by atoms with Gasteiger partial charge in [-0.05, 0) is 25.8 Å². The first-order valence-corrected chi connectivity index (χ1v) is 3.93. The molecule has 2 N–H and O–H groups in total. The smallest absolute Gasteiger partial charge is 0.0434 e. The van der Waals surface area contributed by atoms with Crippen molar-refractivity contribution in [3.63, 3.8) is 0 Å². The van der Waals surface area contributed by atoms with Crippen LogP contribution in [-0.2, 0) is 0 Å². The standard InChI is InChI=1S/C8H15NO/c10-7-1-2-8-3-5-9-6-4-8/h3,9-10H,1-2,4-7H2. The van der Waals surface area contributed by atoms with Gasteiger partial charge in [-0.15, -0.1) is 0 Å². The Kier molecular flexibility index (Phi) is 3.47. The Labute approximate surface area is 61.9 Å². The van der Waals surface area contributed by atoms with E-state index < -0.39 is 0 Å². The molecule has 2 heteroatoms. The molecule has 58 valence electrons. The first-order valence-electron chi connectivity index (χ1n) is 3.93. The van der Waals surface area contributed by atoms with Gasteiger partial charge >= 0.3 is 0 Å². The number of rotatable bonds is 3. The Hall–Kier alpha value is -0.340. The molecule has 0 aromatic heterocycles. The minimum absolute atomic E-state index is 0.324. The highest BCUT2D eigenvalue weighted by Crippen LogP contribution is 2.10. The van der Waals surface area contributed by atoms with Crippen LogP contribution in [-0.4, -0.2) is 24.8 Å². The van der Waals surface area contributed by atoms with Gasteiger partial charge in [0.15, 0.2) is 0 Å². The van der Waals surface area contributed by atoms with E-state index in [2.05, 4.69) is 11.4 Å². The van der Waals surface area contributed by atoms with Crippen molar-refractivity contribution in [2.45, 2.75) is 19.3 Å². The van der Waals surface area contributed by atoms with E-state index in [4.69, 9.17) is 5.11 Å². The molecule has 0 bridgehead atoms. The van der Waals surface area contributed by atoms with Gasteiger partial charge in [0.1, 0.15) is 0 Å². The lowest BCUT2D eigenvalue weighted by atomic mass is 10.0. The fourth-order valence-corrected chi connectivity index (χ4v) is 1.20. The SMILES string of the molecule is OCCCC1=CCNCC1. The summed E-state index contributed by atoms with van der Waals surface area (Å²) in [6, 6.07) is 0. The number of aliphatic hydroxyl groups is 1. The summed E-state index contributed by atoms with van der Waals surface area (Å²) in [4.78, 5) is 0. The van der Waals surface area contributed by atoms with Crippen molar-refractivity contribution >= 4 is 0 Å². The molecule has 0 spiro atoms. The summed E-state index contributed by atoms with van der Waals surface area (Å²) in [6.07, 6.45) is 5.41. The van der Waals surface area contributed by atoms with Gasteiger partial charge in [-0.2, -0.15) is 0 Å². The zero-order valence-corrected chi connectivity index (χ0v) is 6.27. The van der Waals surface area contributed by atoms with E-state index in [0.29, 0.717) is 6.61 Å². The Morgan fingerprint density at radius 3 is 3.10 bits per heavy atom. The van der Waals surface area contributed by atoms with E-state index in [1.165, 1.54) is 12.0 Å². The van der Waals surface area contributed by atoms with Crippen molar-refractivity contribution in [1.82, 2.24) is 5.32 Å². The van der Waals surface area contributed by atoms with Crippen LogP contribution in [0.1, 0.15) is 19.3 Å². The maximum atomic E-state index is 8.55. The average Bonchev–Trinajstić information content (AvgIpc) is 2.03. The van der Waals surface area contributed by atoms with Crippen LogP contribution in [0.15, 0.2) is 11.6 Å². The zero-order chi connectivity index (χ0) is 7.23. The maximum absolute atomic E-state index is 8.55. The Bertz CT molecular complexity index is 120. The number of hydrogen-bond donors (Lipinski definition) is 2. The molecule has 0 atom stereocenters. The third-order valence-electron chi connectivity index (χ3n) is 1.81. The lowest BCUT2D eigenvalue weighted by Crippen LogP contribution is -2.20. The highest BCUT2D eigenvalue weighted by molar-refractivity contribution is 5.06. The summed E-state index contributed by atoms with van der Waals surface area (Å²) < 4.78 is 0. The predicted molar refractivity (Wildman–Crippen MR) is 41.9 cm³/mol. The average molecular weight is 141 g/mol. The van der Waals surface area contributed by atoms with Crippen molar-refractivity contribution in [3.8, 4) is 0 Å². The lowest BCUT2D eigenvalue weighted by Gasteiger charge is -2.12. The van der Waals surface area contributed by atoms with E-state index in [9.17, 15) is 0 Å². The number of aliphatic hydroxyl groups excluding tert-OH is 1. The fourth-order valence-electron chi connectivity index (χ4n) is 1.20. The molecule has 10 heavy (non-hydrogen) atoms. The molecule has 0 radical (unpaired) electrons. The highest BCUT2D eigenvalue weighted by Gasteiger charge is 2.00. The van der Waals surface area contributed by atoms with Crippen LogP contribution in [0.25, 0.3) is 0 Å². The van der Waals surface area contributed by atoms with Gasteiger partial charge in [0.2, 0.25) is 0 Å². The normalized spacial score (nSPS) is 18.7. The molecule has 1 rings (SSSR count). The molecule has 0 unspecified atom stereocenters. The van der Waals surface area contributed by atoms with Crippen molar-refractivity contribution in [2.75, 3.05) is 19.7 Å². The first kappa shape index (κ1) is 7.76. The van der Waals surface area contributed by atoms with Gasteiger partial charge in [0.05, 0.1) is 0 Å². The van der Waals surface area contributed by atoms with Gasteiger partial charge in [0, 0.05) is 13.2 Å². The van der Waals surface area contributed by atoms with Gasteiger partial charge in [0.25, 0.3) is 0 Å². The predicted octanol–water partition coefficient (Wildman–Crippen LogP) is 0.679. The summed E-state index contributed by atoms with van der Waals surface area (Å²) in [5.41, 5.74) is 1.51. The minimum atomic E-state index is 0.324. The third-order valence-corrected chi connectivity index (χ3v) is 1.81. The van der Waals surface area contributed by atoms with E-state index in [-0.39, 0.29) is 0 Å². The molecule has 0 saturated heterocycles. The van der Waals surface area contributed by atoms with Crippen molar-refractivity contribution in [1.29, 1.82) is 0 Å². The van der Waals surface area contributed by atoms with Crippen LogP contribution in [0.2, 0.25) is 0 Å². The van der Waals surface area contributed by atoms with Gasteiger partial charge in [-0.1, -0.05) is 11.6 Å². The van der Waals surface area contributed by atoms with E-state index in [1.54, 1.807) is 0 Å². The summed E-state index contributed by atoms with van der Waals surface area (Å²) in [6.45, 7) is 2.45. The summed E-state index contributed by atoms with van der Waals surface area (Å²) >= 11 is 0. The summed E-state index contributed by atoms with van der Waals surface area (Å²) in [5, 5.41) is 11.8. The molecule has 0 amide bonds. The molecular formula is C8H15NO. The largest absolute Gasteiger partial charge is 0.396 e. The lowest BCUT2D eigenvalue weighted by molar-refractivity contribution is 0.287. The number of nitrogens with one attached hydrogen (secondary N) is 1. The van der Waals surface area contributed by atoms with Crippen LogP contribution in [0, 0.1) is 0 Å². The van der Waals surface area contributed by atoms with E-state index in [0.717, 1.165) is 25.9 Å². The Morgan fingerprint density at radius 2 is 2.50 bits per heavy atom. The van der Waals surface area contributed by atoms with Crippen LogP contribution in [0.4, 0.5) is 0 Å². The molecule has 0 aromatic rings. The molecule has 1 aliphatic heterocycles. The topological polar surface area (TPSA) is 32.3 Å². The summed E-state index contributed by atoms with van der Waals surface area (Å²) in [5.74, 6) is 0. The zero-order valence-electron chi connectivity index (χ0n) is 6.27. The second kappa shape index (κ2) is 4.47. The molecule has 1 heterocycles. The minimum Gasteiger partial charge on any atom is -0.396 e. The third kappa shape index (κ3) is 2.50. The van der Waals surface area contributed by atoms with Gasteiger partial charge in [-0.3, -0.25) is 0 Å². The molecule has 0 aliphatic carbocycles. The molecule has 0 fully saturated rings. The quantitative estimate of drug-likeness (QED) is 0.566. The van der Waals surface area contributed by atoms with Crippen LogP contribution in [0.5, 0.6) is 0 Å². The van der Waals surface area contributed by atoms with Gasteiger partial charge < -0.3 is 10.4 Å². The van der Waals surface area contributed by atoms with Gasteiger partial charge in [-0.25, -0.2) is 0 Å². The first-order chi connectivity index (χ1) is 4.93. The molecule has 0 saturated carbocycles. The molecular weight excluding hydrogens is 126 g/mol. The second-order valence-corrected chi connectivity index (χ2v) is 2.64. The Morgan fingerprint density at radius 1 is 1.60 bits per heavy atom. The van der Waals surface area contributed by atoms with Crippen LogP contribution >= 0.6 is 0 Å². The van der Waals surface area contributed by atoms with Crippen molar-refractivity contribution < 1.29 is 5.11 Å². The molecule has 0 aromatic carbocycles. The molecule has 2 nitrogen and oxygen atoms in total. The van der Waals surface area contributed by atoms with Crippen LogP contribution < -0.4 is 5.32 Å². The van der Waals surface area contributed by atoms with Crippen LogP contribution in [0.3, 0.4) is 0 Å². The highest BCUT2D eigenvalue weighted by atomic mass is 16.2. The maximum Gasteiger partial charge on any atom is 0.0434 e. The summed E-state index contributed by atoms with van der Waals surface area (Å²) in [7, 11) is 0. The second-order valence-electron chi connectivity index (χ2n) is 2.64. The van der Waals surface area contributed by atoms with Crippen molar-refractivity contribution in [3.05, 3.63) is 11.6 Å². The fraction of sp³-hybridized carbons (Fsp3) is 0.750. The van der Waals surface area contributed by atoms with E-state index >= 15 is 0 Å². The monoisotopic (exact) mass is 141 g/mol. The van der Waals surface area contributed by atoms with E-state index in [1.807, 2.05) is 0 Å². The number of hydrogen-bond acceptors (Lipinski definition) is 2. The molecule has 1 aliphatic rings. The Balaban J connectivity index is 2.18.